The van der Waals surface area contributed by atoms with Crippen LogP contribution in [0.2, 0.25) is 0 Å². The monoisotopic (exact) mass is 465 g/mol. The van der Waals surface area contributed by atoms with Crippen LogP contribution in [0.15, 0.2) is 48.0 Å². The van der Waals surface area contributed by atoms with Crippen molar-refractivity contribution in [2.75, 3.05) is 13.7 Å². The number of carbonyl (C=O) groups is 1. The van der Waals surface area contributed by atoms with Gasteiger partial charge in [-0.2, -0.15) is 0 Å². The molecule has 0 heterocycles. The number of allylic oxidation sites excluding steroid dienone is 1. The molecule has 0 spiro atoms. The predicted molar refractivity (Wildman–Crippen MR) is 111 cm³/mol. The van der Waals surface area contributed by atoms with Crippen molar-refractivity contribution >= 4 is 40.5 Å². The van der Waals surface area contributed by atoms with Crippen LogP contribution in [0.1, 0.15) is 16.7 Å². The maximum absolute atomic E-state index is 10.8. The Morgan fingerprint density at radius 3 is 2.73 bits per heavy atom. The minimum atomic E-state index is -1.04. The van der Waals surface area contributed by atoms with Gasteiger partial charge in [-0.1, -0.05) is 6.08 Å². The van der Waals surface area contributed by atoms with Crippen molar-refractivity contribution in [1.82, 2.24) is 0 Å². The minimum absolute atomic E-state index is 0.414. The van der Waals surface area contributed by atoms with E-state index in [1.807, 2.05) is 25.1 Å². The summed E-state index contributed by atoms with van der Waals surface area (Å²) in [5.74, 6) is -0.166. The second-order valence-corrected chi connectivity index (χ2v) is 6.82. The summed E-state index contributed by atoms with van der Waals surface area (Å²) >= 11 is 2.27. The molecule has 136 valence electrons. The second-order valence-electron chi connectivity index (χ2n) is 5.58. The molecular formula is C20H20INO4. The van der Waals surface area contributed by atoms with Crippen molar-refractivity contribution in [2.45, 2.75) is 13.3 Å². The van der Waals surface area contributed by atoms with Gasteiger partial charge in [-0.15, -0.1) is 6.58 Å². The number of benzene rings is 2. The first-order valence-electron chi connectivity index (χ1n) is 7.91. The summed E-state index contributed by atoms with van der Waals surface area (Å²) in [5.41, 5.74) is 3.61. The summed E-state index contributed by atoms with van der Waals surface area (Å²) in [5, 5.41) is 8.86. The smallest absolute Gasteiger partial charge is 0.341 e. The fraction of sp³-hybridized carbons (Fsp3) is 0.200. The molecule has 0 saturated carbocycles. The van der Waals surface area contributed by atoms with Gasteiger partial charge in [0.15, 0.2) is 18.1 Å². The van der Waals surface area contributed by atoms with Crippen LogP contribution in [0.4, 0.5) is 5.69 Å². The Balaban J connectivity index is 2.39. The summed E-state index contributed by atoms with van der Waals surface area (Å²) in [4.78, 5) is 15.4. The molecule has 0 radical (unpaired) electrons. The van der Waals surface area contributed by atoms with E-state index in [-0.39, 0.29) is 0 Å². The highest BCUT2D eigenvalue weighted by atomic mass is 127. The lowest BCUT2D eigenvalue weighted by molar-refractivity contribution is -0.139. The zero-order chi connectivity index (χ0) is 19.1. The van der Waals surface area contributed by atoms with Gasteiger partial charge < -0.3 is 14.6 Å². The van der Waals surface area contributed by atoms with E-state index in [0.717, 1.165) is 25.9 Å². The molecular weight excluding hydrogens is 445 g/mol. The van der Waals surface area contributed by atoms with Crippen molar-refractivity contribution < 1.29 is 19.4 Å². The quantitative estimate of drug-likeness (QED) is 0.353. The van der Waals surface area contributed by atoms with Gasteiger partial charge in [0.2, 0.25) is 0 Å². The number of halogens is 1. The van der Waals surface area contributed by atoms with Gasteiger partial charge in [-0.05, 0) is 77.4 Å². The molecule has 6 heteroatoms. The molecule has 1 N–H and O–H groups in total. The van der Waals surface area contributed by atoms with Crippen LogP contribution in [-0.2, 0) is 11.2 Å². The molecule has 0 aromatic heterocycles. The van der Waals surface area contributed by atoms with Crippen LogP contribution < -0.4 is 9.47 Å². The summed E-state index contributed by atoms with van der Waals surface area (Å²) in [6, 6.07) is 9.72. The maximum atomic E-state index is 10.8. The number of aliphatic carboxylic acids is 1. The maximum Gasteiger partial charge on any atom is 0.341 e. The normalized spacial score (nSPS) is 10.7. The zero-order valence-corrected chi connectivity index (χ0v) is 16.8. The number of aryl methyl sites for hydroxylation is 1. The summed E-state index contributed by atoms with van der Waals surface area (Å²) < 4.78 is 11.9. The summed E-state index contributed by atoms with van der Waals surface area (Å²) in [6.07, 6.45) is 4.01. The fourth-order valence-corrected chi connectivity index (χ4v) is 3.07. The predicted octanol–water partition coefficient (Wildman–Crippen LogP) is 4.55. The lowest BCUT2D eigenvalue weighted by Gasteiger charge is -2.14. The van der Waals surface area contributed by atoms with Crippen LogP contribution in [-0.4, -0.2) is 31.0 Å². The van der Waals surface area contributed by atoms with Crippen molar-refractivity contribution in [3.05, 3.63) is 63.2 Å². The third kappa shape index (κ3) is 5.32. The van der Waals surface area contributed by atoms with Gasteiger partial charge in [0.1, 0.15) is 0 Å². The summed E-state index contributed by atoms with van der Waals surface area (Å²) in [7, 11) is 1.52. The number of carboxylic acids is 1. The lowest BCUT2D eigenvalue weighted by atomic mass is 10.1. The van der Waals surface area contributed by atoms with Crippen LogP contribution >= 0.6 is 22.6 Å². The Kier molecular flexibility index (Phi) is 7.20. The molecule has 2 aromatic rings. The van der Waals surface area contributed by atoms with Crippen molar-refractivity contribution in [3.63, 3.8) is 0 Å². The number of aliphatic imine (C=N–C) groups is 1. The molecule has 5 nitrogen and oxygen atoms in total. The lowest BCUT2D eigenvalue weighted by Crippen LogP contribution is -2.11. The second kappa shape index (κ2) is 9.38. The van der Waals surface area contributed by atoms with E-state index in [1.54, 1.807) is 18.4 Å². The van der Waals surface area contributed by atoms with Crippen molar-refractivity contribution in [1.29, 1.82) is 0 Å². The van der Waals surface area contributed by atoms with Gasteiger partial charge in [0, 0.05) is 15.3 Å². The molecule has 0 amide bonds. The van der Waals surface area contributed by atoms with Gasteiger partial charge in [0.25, 0.3) is 0 Å². The third-order valence-electron chi connectivity index (χ3n) is 3.59. The van der Waals surface area contributed by atoms with E-state index in [4.69, 9.17) is 14.6 Å². The number of hydrogen-bond acceptors (Lipinski definition) is 4. The van der Waals surface area contributed by atoms with Gasteiger partial charge in [0.05, 0.1) is 12.8 Å². The number of rotatable bonds is 8. The topological polar surface area (TPSA) is 68.1 Å². The molecule has 2 rings (SSSR count). The highest BCUT2D eigenvalue weighted by Crippen LogP contribution is 2.33. The first-order chi connectivity index (χ1) is 12.4. The number of methoxy groups -OCH3 is 1. The average Bonchev–Trinajstić information content (AvgIpc) is 2.59. The zero-order valence-electron chi connectivity index (χ0n) is 14.7. The molecule has 0 bridgehead atoms. The van der Waals surface area contributed by atoms with E-state index in [9.17, 15) is 4.79 Å². The highest BCUT2D eigenvalue weighted by Gasteiger charge is 2.13. The van der Waals surface area contributed by atoms with Gasteiger partial charge in [-0.3, -0.25) is 4.99 Å². The van der Waals surface area contributed by atoms with E-state index in [2.05, 4.69) is 40.2 Å². The van der Waals surface area contributed by atoms with Crippen LogP contribution in [0.5, 0.6) is 11.5 Å². The number of ether oxygens (including phenoxy) is 2. The molecule has 0 fully saturated rings. The van der Waals surface area contributed by atoms with Crippen LogP contribution in [0.25, 0.3) is 0 Å². The molecule has 0 atom stereocenters. The van der Waals surface area contributed by atoms with E-state index >= 15 is 0 Å². The molecule has 26 heavy (non-hydrogen) atoms. The Morgan fingerprint density at radius 2 is 2.12 bits per heavy atom. The van der Waals surface area contributed by atoms with Crippen LogP contribution in [0, 0.1) is 10.5 Å². The third-order valence-corrected chi connectivity index (χ3v) is 4.26. The summed E-state index contributed by atoms with van der Waals surface area (Å²) in [6.45, 7) is 5.32. The average molecular weight is 465 g/mol. The molecule has 0 unspecified atom stereocenters. The Labute approximate surface area is 166 Å². The number of hydrogen-bond donors (Lipinski definition) is 1. The highest BCUT2D eigenvalue weighted by molar-refractivity contribution is 14.1. The molecule has 0 saturated heterocycles. The minimum Gasteiger partial charge on any atom is -0.493 e. The fourth-order valence-electron chi connectivity index (χ4n) is 2.42. The largest absolute Gasteiger partial charge is 0.493 e. The first kappa shape index (κ1) is 20.0. The standard InChI is InChI=1S/C20H20INO4/c1-4-5-15-9-14(10-18(25-3)20(15)26-12-19(23)24)11-22-17-7-6-16(21)8-13(17)2/h4,6-11H,1,5,12H2,2-3H3,(H,23,24). The Bertz CT molecular complexity index is 846. The number of carboxylic acid groups (broad SMARTS) is 1. The Hall–Kier alpha value is -2.35. The SMILES string of the molecule is C=CCc1cc(C=Nc2ccc(I)cc2C)cc(OC)c1OCC(=O)O. The Morgan fingerprint density at radius 1 is 1.35 bits per heavy atom. The number of nitrogens with zero attached hydrogens (tertiary/aromatic N) is 1. The van der Waals surface area contributed by atoms with Crippen LogP contribution in [0.3, 0.4) is 0 Å². The van der Waals surface area contributed by atoms with E-state index in [1.165, 1.54) is 7.11 Å². The molecule has 0 aliphatic heterocycles. The molecule has 0 aliphatic carbocycles. The van der Waals surface area contributed by atoms with Crippen molar-refractivity contribution in [2.24, 2.45) is 4.99 Å². The van der Waals surface area contributed by atoms with E-state index in [0.29, 0.717) is 17.9 Å². The van der Waals surface area contributed by atoms with E-state index < -0.39 is 12.6 Å². The van der Waals surface area contributed by atoms with Crippen molar-refractivity contribution in [3.8, 4) is 11.5 Å². The molecule has 0 aliphatic rings. The van der Waals surface area contributed by atoms with Gasteiger partial charge >= 0.3 is 5.97 Å². The van der Waals surface area contributed by atoms with Gasteiger partial charge in [-0.25, -0.2) is 4.79 Å². The molecule has 2 aromatic carbocycles. The first-order valence-corrected chi connectivity index (χ1v) is 8.99.